The largest absolute Gasteiger partial charge is 0.455 e. The molecule has 8 atom stereocenters. The predicted octanol–water partition coefficient (Wildman–Crippen LogP) is 4.68. The number of fused-ring (bicyclic) bond motifs is 1. The van der Waals surface area contributed by atoms with Crippen molar-refractivity contribution in [2.45, 2.75) is 87.8 Å². The molecular weight excluding hydrogens is 662 g/mol. The highest BCUT2D eigenvalue weighted by molar-refractivity contribution is 5.98. The maximum absolute atomic E-state index is 14.9. The van der Waals surface area contributed by atoms with Gasteiger partial charge in [-0.25, -0.2) is 0 Å². The normalized spacial score (nSPS) is 24.8. The number of likely N-dealkylation sites (tertiary alicyclic amines) is 1. The van der Waals surface area contributed by atoms with Crippen LogP contribution >= 0.6 is 0 Å². The fraction of sp³-hybridized carbons (Fsp3) is 0.512. The van der Waals surface area contributed by atoms with Crippen molar-refractivity contribution in [2.75, 3.05) is 33.4 Å². The van der Waals surface area contributed by atoms with Crippen molar-refractivity contribution in [1.82, 2.24) is 15.1 Å². The summed E-state index contributed by atoms with van der Waals surface area (Å²) in [6.45, 7) is 10.0. The third-order valence-corrected chi connectivity index (χ3v) is 10.6. The second-order valence-electron chi connectivity index (χ2n) is 13.9. The van der Waals surface area contributed by atoms with Crippen LogP contribution in [0.4, 0.5) is 0 Å². The molecule has 3 aliphatic heterocycles. The van der Waals surface area contributed by atoms with Gasteiger partial charge in [-0.1, -0.05) is 92.6 Å². The van der Waals surface area contributed by atoms with Gasteiger partial charge in [0.2, 0.25) is 17.7 Å². The number of allylic oxidation sites excluding steroid dienone is 1. The molecule has 0 radical (unpaired) electrons. The van der Waals surface area contributed by atoms with Crippen molar-refractivity contribution in [3.63, 3.8) is 0 Å². The zero-order chi connectivity index (χ0) is 37.3. The molecule has 2 N–H and O–H groups in total. The van der Waals surface area contributed by atoms with Crippen LogP contribution in [0.3, 0.4) is 0 Å². The molecular formula is C41H53N3O8. The van der Waals surface area contributed by atoms with E-state index in [0.717, 1.165) is 19.3 Å². The Labute approximate surface area is 307 Å². The zero-order valence-electron chi connectivity index (χ0n) is 30.4. The molecule has 3 heterocycles. The summed E-state index contributed by atoms with van der Waals surface area (Å²) in [4.78, 5) is 60.4. The van der Waals surface area contributed by atoms with Crippen LogP contribution in [-0.4, -0.2) is 95.8 Å². The van der Waals surface area contributed by atoms with Gasteiger partial charge < -0.3 is 34.4 Å². The molecule has 3 amide bonds. The number of methoxy groups -OCH3 is 1. The maximum atomic E-state index is 14.9. The average molecular weight is 716 g/mol. The SMILES string of the molecule is C=CCCC(=O)N[C@@H](COC)[C@@H](OC(=O)[C@@H]1[C@@H]2CC[C@]3(O2)[C@H](C(=O)N(CC=C)CCCCC)N([C@H](CO)c2ccccc2)C(=O)[C@@H]13)c1ccccc1. The summed E-state index contributed by atoms with van der Waals surface area (Å²) in [6.07, 6.45) is 5.93. The molecule has 2 aromatic rings. The lowest BCUT2D eigenvalue weighted by atomic mass is 9.70. The standard InChI is InChI=1S/C41H53N3O8/c1-5-8-16-25-43(24-7-3)39(48)37-41-23-22-32(52-41)34(35(41)38(47)44(37)31(26-45)28-17-12-10-13-18-28)40(49)51-36(29-19-14-11-15-20-29)30(27-50-4)42-33(46)21-9-6-2/h6-7,10-15,17-20,30-32,34-37,45H,2-3,5,8-9,16,21-27H2,1,4H3,(H,42,46)/t30-,31+,32-,34+,35+,36-,37-,41+/m0/s1. The molecule has 3 aliphatic rings. The van der Waals surface area contributed by atoms with Crippen molar-refractivity contribution in [3.8, 4) is 0 Å². The van der Waals surface area contributed by atoms with Crippen LogP contribution in [-0.2, 0) is 33.4 Å². The lowest BCUT2D eigenvalue weighted by Crippen LogP contribution is -2.57. The minimum Gasteiger partial charge on any atom is -0.455 e. The number of carbonyl (C=O) groups is 4. The molecule has 0 aliphatic carbocycles. The van der Waals surface area contributed by atoms with Gasteiger partial charge in [-0.3, -0.25) is 19.2 Å². The van der Waals surface area contributed by atoms with Crippen LogP contribution in [0.2, 0.25) is 0 Å². The van der Waals surface area contributed by atoms with E-state index in [1.807, 2.05) is 60.7 Å². The van der Waals surface area contributed by atoms with Gasteiger partial charge in [0.05, 0.1) is 43.2 Å². The van der Waals surface area contributed by atoms with Gasteiger partial charge in [0.15, 0.2) is 0 Å². The summed E-state index contributed by atoms with van der Waals surface area (Å²) >= 11 is 0. The van der Waals surface area contributed by atoms with Crippen molar-refractivity contribution in [3.05, 3.63) is 97.1 Å². The number of carbonyl (C=O) groups excluding carboxylic acids is 4. The smallest absolute Gasteiger partial charge is 0.313 e. The van der Waals surface area contributed by atoms with Gasteiger partial charge in [-0.05, 0) is 36.8 Å². The number of benzene rings is 2. The Morgan fingerprint density at radius 1 is 1.08 bits per heavy atom. The lowest BCUT2D eigenvalue weighted by Gasteiger charge is -2.39. The number of rotatable bonds is 20. The third kappa shape index (κ3) is 7.86. The summed E-state index contributed by atoms with van der Waals surface area (Å²) < 4.78 is 18.5. The zero-order valence-corrected chi connectivity index (χ0v) is 30.4. The Kier molecular flexibility index (Phi) is 13.4. The minimum absolute atomic E-state index is 0.0559. The number of nitrogens with zero attached hydrogens (tertiary/aromatic N) is 2. The Morgan fingerprint density at radius 3 is 2.38 bits per heavy atom. The van der Waals surface area contributed by atoms with Crippen LogP contribution in [0.15, 0.2) is 86.0 Å². The first-order chi connectivity index (χ1) is 25.3. The van der Waals surface area contributed by atoms with Crippen LogP contribution in [0.5, 0.6) is 0 Å². The lowest BCUT2D eigenvalue weighted by molar-refractivity contribution is -0.163. The maximum Gasteiger partial charge on any atom is 0.313 e. The van der Waals surface area contributed by atoms with Gasteiger partial charge in [-0.15, -0.1) is 13.2 Å². The van der Waals surface area contributed by atoms with E-state index in [4.69, 9.17) is 14.2 Å². The fourth-order valence-electron chi connectivity index (χ4n) is 8.30. The molecule has 0 unspecified atom stereocenters. The van der Waals surface area contributed by atoms with Crippen molar-refractivity contribution >= 4 is 23.7 Å². The highest BCUT2D eigenvalue weighted by Crippen LogP contribution is 2.60. The molecule has 2 aromatic carbocycles. The number of amides is 3. The molecule has 11 heteroatoms. The van der Waals surface area contributed by atoms with Crippen LogP contribution < -0.4 is 5.32 Å². The molecule has 5 rings (SSSR count). The topological polar surface area (TPSA) is 135 Å². The number of esters is 1. The average Bonchev–Trinajstić information content (AvgIpc) is 3.81. The highest BCUT2D eigenvalue weighted by atomic mass is 16.6. The molecule has 52 heavy (non-hydrogen) atoms. The second-order valence-corrected chi connectivity index (χ2v) is 13.9. The van der Waals surface area contributed by atoms with E-state index in [1.54, 1.807) is 17.1 Å². The summed E-state index contributed by atoms with van der Waals surface area (Å²) in [6, 6.07) is 15.6. The van der Waals surface area contributed by atoms with Crippen LogP contribution in [0, 0.1) is 11.8 Å². The van der Waals surface area contributed by atoms with Gasteiger partial charge in [-0.2, -0.15) is 0 Å². The first-order valence-corrected chi connectivity index (χ1v) is 18.5. The Balaban J connectivity index is 1.53. The number of hydrogen-bond acceptors (Lipinski definition) is 8. The van der Waals surface area contributed by atoms with E-state index < -0.39 is 66.3 Å². The van der Waals surface area contributed by atoms with Gasteiger partial charge in [0, 0.05) is 26.6 Å². The van der Waals surface area contributed by atoms with E-state index in [1.165, 1.54) is 12.0 Å². The second kappa shape index (κ2) is 17.9. The molecule has 0 saturated carbocycles. The predicted molar refractivity (Wildman–Crippen MR) is 196 cm³/mol. The van der Waals surface area contributed by atoms with Gasteiger partial charge in [0.25, 0.3) is 0 Å². The Bertz CT molecular complexity index is 1550. The Hall–Kier alpha value is -4.32. The molecule has 0 aromatic heterocycles. The first-order valence-electron chi connectivity index (χ1n) is 18.5. The highest BCUT2D eigenvalue weighted by Gasteiger charge is 2.76. The molecule has 11 nitrogen and oxygen atoms in total. The van der Waals surface area contributed by atoms with Crippen LogP contribution in [0.25, 0.3) is 0 Å². The molecule has 280 valence electrons. The van der Waals surface area contributed by atoms with E-state index in [-0.39, 0.29) is 31.4 Å². The first kappa shape index (κ1) is 38.9. The van der Waals surface area contributed by atoms with Gasteiger partial charge >= 0.3 is 5.97 Å². The van der Waals surface area contributed by atoms with E-state index in [9.17, 15) is 24.3 Å². The van der Waals surface area contributed by atoms with Crippen molar-refractivity contribution < 1.29 is 38.5 Å². The summed E-state index contributed by atoms with van der Waals surface area (Å²) in [7, 11) is 1.51. The van der Waals surface area contributed by atoms with Gasteiger partial charge in [0.1, 0.15) is 17.7 Å². The van der Waals surface area contributed by atoms with E-state index >= 15 is 0 Å². The van der Waals surface area contributed by atoms with Crippen molar-refractivity contribution in [1.29, 1.82) is 0 Å². The Morgan fingerprint density at radius 2 is 1.77 bits per heavy atom. The number of aliphatic hydroxyl groups is 1. The molecule has 3 fully saturated rings. The monoisotopic (exact) mass is 715 g/mol. The number of hydrogen-bond donors (Lipinski definition) is 2. The molecule has 3 saturated heterocycles. The number of aliphatic hydroxyl groups excluding tert-OH is 1. The number of unbranched alkanes of at least 4 members (excludes halogenated alkanes) is 2. The van der Waals surface area contributed by atoms with Crippen LogP contribution in [0.1, 0.15) is 75.1 Å². The third-order valence-electron chi connectivity index (χ3n) is 10.6. The fourth-order valence-corrected chi connectivity index (χ4v) is 8.30. The summed E-state index contributed by atoms with van der Waals surface area (Å²) in [5.41, 5.74) is 0.00742. The summed E-state index contributed by atoms with van der Waals surface area (Å²) in [5, 5.41) is 13.8. The molecule has 2 bridgehead atoms. The molecule has 1 spiro atoms. The quantitative estimate of drug-likeness (QED) is 0.115. The van der Waals surface area contributed by atoms with E-state index in [0.29, 0.717) is 36.9 Å². The number of nitrogens with one attached hydrogen (secondary N) is 1. The van der Waals surface area contributed by atoms with E-state index in [2.05, 4.69) is 25.4 Å². The number of ether oxygens (including phenoxy) is 3. The summed E-state index contributed by atoms with van der Waals surface area (Å²) in [5.74, 6) is -3.66. The minimum atomic E-state index is -1.30. The van der Waals surface area contributed by atoms with Crippen molar-refractivity contribution in [2.24, 2.45) is 11.8 Å².